The second kappa shape index (κ2) is 19.3. The molecule has 12 nitrogen and oxygen atoms in total. The van der Waals surface area contributed by atoms with E-state index in [2.05, 4.69) is 79.6 Å². The first-order chi connectivity index (χ1) is 29.8. The van der Waals surface area contributed by atoms with Gasteiger partial charge in [0.25, 0.3) is 5.60 Å². The van der Waals surface area contributed by atoms with Crippen molar-refractivity contribution in [1.29, 1.82) is 0 Å². The van der Waals surface area contributed by atoms with E-state index in [-0.39, 0.29) is 60.7 Å². The Labute approximate surface area is 371 Å². The molecule has 14 unspecified atom stereocenters. The summed E-state index contributed by atoms with van der Waals surface area (Å²) in [7, 11) is 2.15. The molecule has 4 heterocycles. The van der Waals surface area contributed by atoms with Crippen LogP contribution in [0.4, 0.5) is 0 Å². The topological polar surface area (TPSA) is 198 Å². The zero-order valence-electron chi connectivity index (χ0n) is 38.9. The Hall–Kier alpha value is -2.29. The number of ketones is 2. The van der Waals surface area contributed by atoms with Gasteiger partial charge in [0.2, 0.25) is 0 Å². The van der Waals surface area contributed by atoms with Gasteiger partial charge in [0, 0.05) is 48.9 Å². The minimum absolute atomic E-state index is 0.0161. The molecule has 4 aliphatic heterocycles. The number of aliphatic hydroxyl groups excluding tert-OH is 1. The second-order valence-electron chi connectivity index (χ2n) is 22.2. The molecule has 0 bridgehead atoms. The van der Waals surface area contributed by atoms with Gasteiger partial charge in [-0.3, -0.25) is 15.3 Å². The average molecular weight is 865 g/mol. The number of Topliss-reactive ketones (excluding diaryl/α,β-unsaturated/α-hetero) is 2. The number of quaternary nitrogens is 4. The lowest BCUT2D eigenvalue weighted by Gasteiger charge is -2.44. The van der Waals surface area contributed by atoms with E-state index in [1.54, 1.807) is 0 Å². The third-order valence-electron chi connectivity index (χ3n) is 17.6. The zero-order chi connectivity index (χ0) is 43.8. The van der Waals surface area contributed by atoms with E-state index >= 15 is 9.59 Å². The van der Waals surface area contributed by atoms with Gasteiger partial charge in [-0.25, -0.2) is 10.1 Å². The molecular weight excluding hydrogens is 781 g/mol. The van der Waals surface area contributed by atoms with Crippen molar-refractivity contribution in [2.45, 2.75) is 166 Å². The summed E-state index contributed by atoms with van der Waals surface area (Å²) in [5, 5.41) is 24.2. The third-order valence-corrected chi connectivity index (χ3v) is 17.6. The molecule has 62 heavy (non-hydrogen) atoms. The molecule has 0 amide bonds. The predicted octanol–water partition coefficient (Wildman–Crippen LogP) is 1.06. The second-order valence-corrected chi connectivity index (χ2v) is 22.2. The summed E-state index contributed by atoms with van der Waals surface area (Å²) in [6.45, 7) is 11.8. The van der Waals surface area contributed by atoms with Crippen LogP contribution >= 0.6 is 0 Å². The number of nitrogens with one attached hydrogen (secondary N) is 1. The van der Waals surface area contributed by atoms with Crippen molar-refractivity contribution in [1.82, 2.24) is 5.32 Å². The van der Waals surface area contributed by atoms with Crippen LogP contribution in [0.3, 0.4) is 0 Å². The molecule has 0 aromatic rings. The standard InChI is InChI=1S/C50H80N6O6/c1-6-53-40-23-34-11-8-7-10-33(34)22-36(40)29-61-47(60)50-45(59)43-35(25-48(3,4)24-31-15-18-41(51)55-27-31)12-9-13-39(43)44(58)49(50,62-50)26-37(28-57)30(2)14-16-32-20-21-54-46-38(32)17-19-42(52-5)56-46/h8,11,23,31-33,35-36,38-43,46,52-57H,6-7,9-10,12-22,24-29,51H2,1-5H3/p+4. The van der Waals surface area contributed by atoms with Gasteiger partial charge < -0.3 is 35.8 Å². The normalized spacial score (nSPS) is 40.9. The van der Waals surface area contributed by atoms with E-state index in [4.69, 9.17) is 15.2 Å². The van der Waals surface area contributed by atoms with Crippen molar-refractivity contribution in [3.8, 4) is 0 Å². The van der Waals surface area contributed by atoms with Gasteiger partial charge in [0.05, 0.1) is 33.3 Å². The molecule has 14 atom stereocenters. The van der Waals surface area contributed by atoms with Gasteiger partial charge in [-0.2, -0.15) is 0 Å². The highest BCUT2D eigenvalue weighted by Gasteiger charge is 2.87. The van der Waals surface area contributed by atoms with Gasteiger partial charge in [0.1, 0.15) is 31.1 Å². The highest BCUT2D eigenvalue weighted by Crippen LogP contribution is 2.64. The minimum atomic E-state index is -1.97. The molecule has 8 rings (SSSR count). The van der Waals surface area contributed by atoms with Crippen molar-refractivity contribution in [3.05, 3.63) is 34.9 Å². The van der Waals surface area contributed by atoms with Crippen LogP contribution in [0, 0.1) is 52.8 Å². The number of fused-ring (bicyclic) bond motifs is 4. The van der Waals surface area contributed by atoms with Crippen molar-refractivity contribution < 1.29 is 50.2 Å². The van der Waals surface area contributed by atoms with Crippen LogP contribution < -0.4 is 32.3 Å². The van der Waals surface area contributed by atoms with Crippen LogP contribution in [0.1, 0.15) is 130 Å². The van der Waals surface area contributed by atoms with Crippen LogP contribution in [-0.4, -0.2) is 98.3 Å². The summed E-state index contributed by atoms with van der Waals surface area (Å²) in [5.41, 5.74) is 5.72. The lowest BCUT2D eigenvalue weighted by atomic mass is 9.55. The number of esters is 1. The monoisotopic (exact) mass is 865 g/mol. The minimum Gasteiger partial charge on any atom is -0.463 e. The number of epoxide rings is 1. The van der Waals surface area contributed by atoms with Gasteiger partial charge in [-0.1, -0.05) is 38.0 Å². The van der Waals surface area contributed by atoms with E-state index in [0.717, 1.165) is 108 Å². The Morgan fingerprint density at radius 1 is 1.05 bits per heavy atom. The fourth-order valence-corrected chi connectivity index (χ4v) is 14.3. The molecule has 2 saturated carbocycles. The number of hydrogen-bond acceptors (Lipinski definition) is 8. The molecule has 8 aliphatic rings. The quantitative estimate of drug-likeness (QED) is 0.0518. The largest absolute Gasteiger partial charge is 0.463 e. The summed E-state index contributed by atoms with van der Waals surface area (Å²) in [5.74, 6) is 0.147. The molecule has 0 spiro atoms. The van der Waals surface area contributed by atoms with Crippen LogP contribution in [0.15, 0.2) is 34.9 Å². The zero-order valence-corrected chi connectivity index (χ0v) is 38.9. The van der Waals surface area contributed by atoms with Gasteiger partial charge >= 0.3 is 5.97 Å². The number of rotatable bonds is 16. The number of nitrogens with two attached hydrogens (primary N) is 5. The smallest absolute Gasteiger partial charge is 0.350 e. The first-order valence-corrected chi connectivity index (χ1v) is 25.3. The van der Waals surface area contributed by atoms with E-state index in [0.29, 0.717) is 42.4 Å². The van der Waals surface area contributed by atoms with Crippen LogP contribution in [0.25, 0.3) is 0 Å². The summed E-state index contributed by atoms with van der Waals surface area (Å²) in [6, 6.07) is 0.166. The van der Waals surface area contributed by atoms with Crippen molar-refractivity contribution in [2.75, 3.05) is 39.9 Å². The number of carbonyl (C=O) groups excluding carboxylic acids is 3. The predicted molar refractivity (Wildman–Crippen MR) is 236 cm³/mol. The van der Waals surface area contributed by atoms with Crippen LogP contribution in [0.2, 0.25) is 0 Å². The maximum atomic E-state index is 15.5. The molecule has 0 aromatic heterocycles. The SMILES string of the molecule is CC[NH2+]C1C=C2C=CCCC2CC1COC(=O)C12OC1(CC(CO)=C(C)CCC1CC[NH2+]C3NC([NH2+]C)CCC13)C(=O)C1CCCC(CC(C)(C)CC3CCC(N)[NH2+]C3)C1C2=O. The summed E-state index contributed by atoms with van der Waals surface area (Å²) < 4.78 is 13.0. The third kappa shape index (κ3) is 9.11. The lowest BCUT2D eigenvalue weighted by Crippen LogP contribution is -3.02. The van der Waals surface area contributed by atoms with Gasteiger partial charge in [0.15, 0.2) is 17.2 Å². The fraction of sp³-hybridized carbons (Fsp3) is 0.820. The molecule has 6 fully saturated rings. The molecule has 0 radical (unpaired) electrons. The number of likely N-dealkylation sites (N-methyl/N-ethyl adjacent to an activating group) is 1. The summed E-state index contributed by atoms with van der Waals surface area (Å²) >= 11 is 0. The Morgan fingerprint density at radius 3 is 2.65 bits per heavy atom. The van der Waals surface area contributed by atoms with Crippen molar-refractivity contribution >= 4 is 17.5 Å². The van der Waals surface area contributed by atoms with Gasteiger partial charge in [-0.05, 0) is 131 Å². The summed E-state index contributed by atoms with van der Waals surface area (Å²) in [4.78, 5) is 45.7. The van der Waals surface area contributed by atoms with Crippen LogP contribution in [0.5, 0.6) is 0 Å². The average Bonchev–Trinajstić information content (AvgIpc) is 3.97. The van der Waals surface area contributed by atoms with Gasteiger partial charge in [-0.15, -0.1) is 0 Å². The molecular formula is C50H84N6O6+4. The number of ether oxygens (including phenoxy) is 2. The summed E-state index contributed by atoms with van der Waals surface area (Å²) in [6.07, 6.45) is 22.8. The maximum Gasteiger partial charge on any atom is 0.350 e. The number of aliphatic hydroxyl groups is 1. The number of allylic oxidation sites excluding steroid dienone is 4. The van der Waals surface area contributed by atoms with Crippen molar-refractivity contribution in [2.24, 2.45) is 58.5 Å². The van der Waals surface area contributed by atoms with E-state index in [1.165, 1.54) is 18.4 Å². The van der Waals surface area contributed by atoms with Crippen molar-refractivity contribution in [3.63, 3.8) is 0 Å². The molecule has 346 valence electrons. The number of piperidine rings is 3. The highest BCUT2D eigenvalue weighted by atomic mass is 16.7. The first kappa shape index (κ1) is 46.2. The highest BCUT2D eigenvalue weighted by molar-refractivity contribution is 6.23. The lowest BCUT2D eigenvalue weighted by molar-refractivity contribution is -0.739. The fourth-order valence-electron chi connectivity index (χ4n) is 14.3. The van der Waals surface area contributed by atoms with E-state index in [9.17, 15) is 9.90 Å². The number of carbonyl (C=O) groups is 3. The Balaban J connectivity index is 1.04. The molecule has 0 aromatic carbocycles. The van der Waals surface area contributed by atoms with E-state index < -0.39 is 29.0 Å². The Morgan fingerprint density at radius 2 is 1.89 bits per heavy atom. The Bertz CT molecular complexity index is 1740. The first-order valence-electron chi connectivity index (χ1n) is 25.3. The number of hydrogen-bond donors (Lipinski definition) is 7. The van der Waals surface area contributed by atoms with Crippen LogP contribution in [-0.2, 0) is 23.9 Å². The Kier molecular flexibility index (Phi) is 14.4. The molecule has 12 heteroatoms. The molecule has 4 saturated heterocycles. The van der Waals surface area contributed by atoms with E-state index in [1.807, 2.05) is 0 Å². The molecule has 4 aliphatic carbocycles. The molecule has 12 N–H and O–H groups in total. The maximum absolute atomic E-state index is 15.5.